The third-order valence-electron chi connectivity index (χ3n) is 3.31. The van der Waals surface area contributed by atoms with Crippen molar-refractivity contribution in [2.45, 2.75) is 39.2 Å². The molecular weight excluding hydrogens is 256 g/mol. The standard InChI is InChI=1S/C14H20N4O2/c1-5-6-14(3,13(19)20-4)17-12-8-10(2)7-11-15-9-16-18(11)12/h7-9,17H,5-6H2,1-4H3. The van der Waals surface area contributed by atoms with Crippen LogP contribution in [0.25, 0.3) is 5.65 Å². The van der Waals surface area contributed by atoms with E-state index in [1.807, 2.05) is 32.9 Å². The number of aromatic nitrogens is 3. The molecule has 1 unspecified atom stereocenters. The Morgan fingerprint density at radius 3 is 2.90 bits per heavy atom. The molecule has 2 aromatic heterocycles. The number of methoxy groups -OCH3 is 1. The van der Waals surface area contributed by atoms with Crippen molar-refractivity contribution < 1.29 is 9.53 Å². The van der Waals surface area contributed by atoms with Crippen molar-refractivity contribution in [1.82, 2.24) is 14.6 Å². The van der Waals surface area contributed by atoms with Crippen molar-refractivity contribution in [3.8, 4) is 0 Å². The molecule has 6 heteroatoms. The molecule has 1 atom stereocenters. The zero-order chi connectivity index (χ0) is 14.8. The number of pyridine rings is 1. The number of hydrogen-bond acceptors (Lipinski definition) is 5. The fourth-order valence-corrected chi connectivity index (χ4v) is 2.37. The first-order valence-corrected chi connectivity index (χ1v) is 6.67. The Balaban J connectivity index is 2.42. The third kappa shape index (κ3) is 2.59. The summed E-state index contributed by atoms with van der Waals surface area (Å²) in [4.78, 5) is 16.2. The number of nitrogens with one attached hydrogen (secondary N) is 1. The molecule has 2 heterocycles. The molecule has 0 aliphatic heterocycles. The predicted molar refractivity (Wildman–Crippen MR) is 76.7 cm³/mol. The van der Waals surface area contributed by atoms with Gasteiger partial charge in [0.2, 0.25) is 0 Å². The maximum absolute atomic E-state index is 12.1. The van der Waals surface area contributed by atoms with Crippen LogP contribution in [0.2, 0.25) is 0 Å². The Morgan fingerprint density at radius 2 is 2.25 bits per heavy atom. The molecular formula is C14H20N4O2. The first kappa shape index (κ1) is 14.3. The molecule has 0 saturated heterocycles. The van der Waals surface area contributed by atoms with Crippen molar-refractivity contribution in [2.75, 3.05) is 12.4 Å². The van der Waals surface area contributed by atoms with Crippen LogP contribution >= 0.6 is 0 Å². The Labute approximate surface area is 118 Å². The summed E-state index contributed by atoms with van der Waals surface area (Å²) in [7, 11) is 1.40. The quantitative estimate of drug-likeness (QED) is 0.848. The molecule has 0 fully saturated rings. The van der Waals surface area contributed by atoms with Gasteiger partial charge in [0.15, 0.2) is 5.65 Å². The second kappa shape index (κ2) is 5.48. The third-order valence-corrected chi connectivity index (χ3v) is 3.31. The molecule has 20 heavy (non-hydrogen) atoms. The zero-order valence-corrected chi connectivity index (χ0v) is 12.3. The number of nitrogens with zero attached hydrogens (tertiary/aromatic N) is 3. The number of anilines is 1. The minimum Gasteiger partial charge on any atom is -0.467 e. The summed E-state index contributed by atoms with van der Waals surface area (Å²) in [5, 5.41) is 7.44. The van der Waals surface area contributed by atoms with E-state index in [2.05, 4.69) is 15.4 Å². The van der Waals surface area contributed by atoms with Crippen LogP contribution in [0.4, 0.5) is 5.82 Å². The fourth-order valence-electron chi connectivity index (χ4n) is 2.37. The number of esters is 1. The number of fused-ring (bicyclic) bond motifs is 1. The van der Waals surface area contributed by atoms with E-state index in [1.165, 1.54) is 13.4 Å². The number of ether oxygens (including phenoxy) is 1. The van der Waals surface area contributed by atoms with E-state index in [1.54, 1.807) is 4.52 Å². The van der Waals surface area contributed by atoms with Gasteiger partial charge in [-0.3, -0.25) is 0 Å². The molecule has 0 radical (unpaired) electrons. The molecule has 0 aromatic carbocycles. The van der Waals surface area contributed by atoms with E-state index in [0.29, 0.717) is 6.42 Å². The van der Waals surface area contributed by atoms with E-state index in [0.717, 1.165) is 23.4 Å². The molecule has 0 bridgehead atoms. The van der Waals surface area contributed by atoms with Gasteiger partial charge in [0, 0.05) is 0 Å². The Bertz CT molecular complexity index is 623. The van der Waals surface area contributed by atoms with Gasteiger partial charge < -0.3 is 10.1 Å². The van der Waals surface area contributed by atoms with Crippen LogP contribution in [-0.2, 0) is 9.53 Å². The van der Waals surface area contributed by atoms with Gasteiger partial charge in [-0.1, -0.05) is 13.3 Å². The van der Waals surface area contributed by atoms with Gasteiger partial charge in [0.1, 0.15) is 17.7 Å². The van der Waals surface area contributed by atoms with Crippen molar-refractivity contribution in [2.24, 2.45) is 0 Å². The van der Waals surface area contributed by atoms with Crippen LogP contribution in [0.3, 0.4) is 0 Å². The average molecular weight is 276 g/mol. The highest BCUT2D eigenvalue weighted by molar-refractivity contribution is 5.83. The van der Waals surface area contributed by atoms with Crippen LogP contribution in [-0.4, -0.2) is 33.2 Å². The van der Waals surface area contributed by atoms with Crippen molar-refractivity contribution in [1.29, 1.82) is 0 Å². The molecule has 0 saturated carbocycles. The highest BCUT2D eigenvalue weighted by atomic mass is 16.5. The Morgan fingerprint density at radius 1 is 1.50 bits per heavy atom. The largest absolute Gasteiger partial charge is 0.467 e. The van der Waals surface area contributed by atoms with Gasteiger partial charge in [0.05, 0.1) is 7.11 Å². The van der Waals surface area contributed by atoms with E-state index >= 15 is 0 Å². The Hall–Kier alpha value is -2.11. The Kier molecular flexibility index (Phi) is 3.92. The topological polar surface area (TPSA) is 68.5 Å². The second-order valence-electron chi connectivity index (χ2n) is 5.15. The van der Waals surface area contributed by atoms with Gasteiger partial charge in [-0.05, 0) is 38.0 Å². The summed E-state index contributed by atoms with van der Waals surface area (Å²) < 4.78 is 6.60. The summed E-state index contributed by atoms with van der Waals surface area (Å²) in [6.45, 7) is 5.85. The SMILES string of the molecule is CCCC(C)(Nc1cc(C)cc2ncnn12)C(=O)OC. The molecule has 1 N–H and O–H groups in total. The fraction of sp³-hybridized carbons (Fsp3) is 0.500. The van der Waals surface area contributed by atoms with Gasteiger partial charge in [-0.25, -0.2) is 9.78 Å². The van der Waals surface area contributed by atoms with E-state index < -0.39 is 5.54 Å². The van der Waals surface area contributed by atoms with Crippen LogP contribution in [0.5, 0.6) is 0 Å². The maximum Gasteiger partial charge on any atom is 0.331 e. The van der Waals surface area contributed by atoms with Crippen molar-refractivity contribution in [3.05, 3.63) is 24.0 Å². The highest BCUT2D eigenvalue weighted by Crippen LogP contribution is 2.23. The number of aryl methyl sites for hydroxylation is 1. The van der Waals surface area contributed by atoms with Gasteiger partial charge >= 0.3 is 5.97 Å². The monoisotopic (exact) mass is 276 g/mol. The number of carbonyl (C=O) groups is 1. The minimum atomic E-state index is -0.782. The molecule has 0 aliphatic rings. The lowest BCUT2D eigenvalue weighted by Gasteiger charge is -2.28. The average Bonchev–Trinajstić information content (AvgIpc) is 2.86. The second-order valence-corrected chi connectivity index (χ2v) is 5.15. The summed E-state index contributed by atoms with van der Waals surface area (Å²) in [6, 6.07) is 3.88. The smallest absolute Gasteiger partial charge is 0.331 e. The van der Waals surface area contributed by atoms with Gasteiger partial charge in [0.25, 0.3) is 0 Å². The van der Waals surface area contributed by atoms with Crippen molar-refractivity contribution in [3.63, 3.8) is 0 Å². The summed E-state index contributed by atoms with van der Waals surface area (Å²) >= 11 is 0. The van der Waals surface area contributed by atoms with Crippen LogP contribution in [0, 0.1) is 6.92 Å². The van der Waals surface area contributed by atoms with Gasteiger partial charge in [-0.2, -0.15) is 9.61 Å². The number of carbonyl (C=O) groups excluding carboxylic acids is 1. The van der Waals surface area contributed by atoms with Crippen LogP contribution in [0.15, 0.2) is 18.5 Å². The van der Waals surface area contributed by atoms with E-state index in [4.69, 9.17) is 4.74 Å². The van der Waals surface area contributed by atoms with Crippen LogP contribution in [0.1, 0.15) is 32.3 Å². The summed E-state index contributed by atoms with van der Waals surface area (Å²) in [6.07, 6.45) is 3.03. The molecule has 2 aromatic rings. The minimum absolute atomic E-state index is 0.283. The first-order chi connectivity index (χ1) is 9.50. The molecule has 2 rings (SSSR count). The summed E-state index contributed by atoms with van der Waals surface area (Å²) in [5.74, 6) is 0.452. The molecule has 108 valence electrons. The van der Waals surface area contributed by atoms with E-state index in [-0.39, 0.29) is 5.97 Å². The van der Waals surface area contributed by atoms with Gasteiger partial charge in [-0.15, -0.1) is 0 Å². The molecule has 6 nitrogen and oxygen atoms in total. The normalized spacial score (nSPS) is 14.0. The number of hydrogen-bond donors (Lipinski definition) is 1. The zero-order valence-electron chi connectivity index (χ0n) is 12.3. The molecule has 0 spiro atoms. The predicted octanol–water partition coefficient (Wildman–Crippen LogP) is 2.18. The lowest BCUT2D eigenvalue weighted by Crippen LogP contribution is -2.44. The van der Waals surface area contributed by atoms with Crippen LogP contribution < -0.4 is 5.32 Å². The first-order valence-electron chi connectivity index (χ1n) is 6.67. The highest BCUT2D eigenvalue weighted by Gasteiger charge is 2.34. The lowest BCUT2D eigenvalue weighted by molar-refractivity contribution is -0.145. The molecule has 0 amide bonds. The lowest BCUT2D eigenvalue weighted by atomic mass is 9.96. The molecule has 0 aliphatic carbocycles. The maximum atomic E-state index is 12.1. The van der Waals surface area contributed by atoms with Crippen molar-refractivity contribution >= 4 is 17.4 Å². The summed E-state index contributed by atoms with van der Waals surface area (Å²) in [5.41, 5.74) is 1.02. The number of rotatable bonds is 5. The van der Waals surface area contributed by atoms with E-state index in [9.17, 15) is 4.79 Å².